The number of ether oxygens (including phenoxy) is 2. The normalized spacial score (nSPS) is 24.7. The van der Waals surface area contributed by atoms with E-state index in [1.54, 1.807) is 18.2 Å². The van der Waals surface area contributed by atoms with Crippen LogP contribution in [0.15, 0.2) is 24.3 Å². The monoisotopic (exact) mass is 276 g/mol. The molecule has 2 aliphatic heterocycles. The van der Waals surface area contributed by atoms with Crippen molar-refractivity contribution < 1.29 is 14.3 Å². The van der Waals surface area contributed by atoms with E-state index in [2.05, 4.69) is 5.32 Å². The van der Waals surface area contributed by atoms with Crippen LogP contribution in [-0.2, 0) is 4.74 Å². The van der Waals surface area contributed by atoms with E-state index in [1.807, 2.05) is 6.07 Å². The molecule has 3 N–H and O–H groups in total. The summed E-state index contributed by atoms with van der Waals surface area (Å²) in [4.78, 5) is 11.4. The molecule has 5 nitrogen and oxygen atoms in total. The number of hydrogen-bond acceptors (Lipinski definition) is 4. The fourth-order valence-electron chi connectivity index (χ4n) is 3.06. The molecule has 1 unspecified atom stereocenters. The van der Waals surface area contributed by atoms with Crippen LogP contribution < -0.4 is 15.8 Å². The summed E-state index contributed by atoms with van der Waals surface area (Å²) in [5.74, 6) is 0.0932. The summed E-state index contributed by atoms with van der Waals surface area (Å²) in [6.45, 7) is 2.56. The van der Waals surface area contributed by atoms with Gasteiger partial charge in [-0.25, -0.2) is 0 Å². The molecule has 1 aromatic carbocycles. The van der Waals surface area contributed by atoms with Crippen molar-refractivity contribution in [2.75, 3.05) is 19.7 Å². The molecular weight excluding hydrogens is 256 g/mol. The van der Waals surface area contributed by atoms with Crippen molar-refractivity contribution in [2.24, 2.45) is 5.73 Å². The number of nitrogens with one attached hydrogen (secondary N) is 1. The Hall–Kier alpha value is -1.59. The number of hydrogen-bond donors (Lipinski definition) is 2. The Morgan fingerprint density at radius 3 is 2.85 bits per heavy atom. The van der Waals surface area contributed by atoms with Gasteiger partial charge in [-0.3, -0.25) is 4.79 Å². The van der Waals surface area contributed by atoms with Gasteiger partial charge in [0.15, 0.2) is 0 Å². The maximum absolute atomic E-state index is 11.4. The van der Waals surface area contributed by atoms with Crippen LogP contribution in [0, 0.1) is 0 Å². The first-order chi connectivity index (χ1) is 9.69. The molecule has 5 heteroatoms. The summed E-state index contributed by atoms with van der Waals surface area (Å²) in [6.07, 6.45) is 2.91. The average Bonchev–Trinajstić information content (AvgIpc) is 2.82. The number of piperidine rings is 1. The number of amides is 1. The zero-order chi connectivity index (χ0) is 14.0. The Kier molecular flexibility index (Phi) is 3.63. The molecule has 0 bridgehead atoms. The van der Waals surface area contributed by atoms with Crippen molar-refractivity contribution in [3.05, 3.63) is 29.8 Å². The van der Waals surface area contributed by atoms with E-state index in [9.17, 15) is 4.79 Å². The fourth-order valence-corrected chi connectivity index (χ4v) is 3.06. The summed E-state index contributed by atoms with van der Waals surface area (Å²) in [7, 11) is 0. The largest absolute Gasteiger partial charge is 0.487 e. The minimum absolute atomic E-state index is 0.00593. The Bertz CT molecular complexity index is 498. The van der Waals surface area contributed by atoms with E-state index in [4.69, 9.17) is 15.2 Å². The summed E-state index contributed by atoms with van der Waals surface area (Å²) in [5, 5.41) is 3.34. The van der Waals surface area contributed by atoms with Crippen molar-refractivity contribution >= 4 is 5.91 Å². The molecule has 2 saturated heterocycles. The lowest BCUT2D eigenvalue weighted by Crippen LogP contribution is -2.41. The molecule has 2 fully saturated rings. The van der Waals surface area contributed by atoms with Gasteiger partial charge in [-0.05, 0) is 38.1 Å². The Morgan fingerprint density at radius 2 is 2.10 bits per heavy atom. The zero-order valence-corrected chi connectivity index (χ0v) is 11.4. The molecule has 1 aromatic rings. The van der Waals surface area contributed by atoms with E-state index >= 15 is 0 Å². The van der Waals surface area contributed by atoms with Gasteiger partial charge in [-0.15, -0.1) is 0 Å². The molecule has 0 aromatic heterocycles. The second-order valence-electron chi connectivity index (χ2n) is 5.55. The van der Waals surface area contributed by atoms with Gasteiger partial charge in [-0.1, -0.05) is 12.1 Å². The van der Waals surface area contributed by atoms with E-state index in [1.165, 1.54) is 0 Å². The van der Waals surface area contributed by atoms with Gasteiger partial charge >= 0.3 is 0 Å². The molecule has 2 aliphatic rings. The van der Waals surface area contributed by atoms with Crippen LogP contribution in [0.3, 0.4) is 0 Å². The average molecular weight is 276 g/mol. The lowest BCUT2D eigenvalue weighted by molar-refractivity contribution is -0.0205. The first-order valence-corrected chi connectivity index (χ1v) is 7.09. The first-order valence-electron chi connectivity index (χ1n) is 7.09. The molecule has 108 valence electrons. The van der Waals surface area contributed by atoms with Gasteiger partial charge in [-0.2, -0.15) is 0 Å². The van der Waals surface area contributed by atoms with Crippen LogP contribution in [0.1, 0.15) is 29.6 Å². The minimum atomic E-state index is -0.462. The molecule has 20 heavy (non-hydrogen) atoms. The lowest BCUT2D eigenvalue weighted by Gasteiger charge is -2.32. The van der Waals surface area contributed by atoms with Gasteiger partial charge in [0.25, 0.3) is 5.91 Å². The van der Waals surface area contributed by atoms with Gasteiger partial charge in [0, 0.05) is 6.42 Å². The molecule has 0 aliphatic carbocycles. The number of carbonyl (C=O) groups excluding carboxylic acids is 1. The summed E-state index contributed by atoms with van der Waals surface area (Å²) < 4.78 is 11.9. The lowest BCUT2D eigenvalue weighted by atomic mass is 9.89. The van der Waals surface area contributed by atoms with Gasteiger partial charge < -0.3 is 20.5 Å². The topological polar surface area (TPSA) is 73.6 Å². The van der Waals surface area contributed by atoms with Crippen LogP contribution in [0.25, 0.3) is 0 Å². The maximum Gasteiger partial charge on any atom is 0.252 e. The highest BCUT2D eigenvalue weighted by atomic mass is 16.6. The van der Waals surface area contributed by atoms with Gasteiger partial charge in [0.1, 0.15) is 11.9 Å². The van der Waals surface area contributed by atoms with Crippen LogP contribution >= 0.6 is 0 Å². The SMILES string of the molecule is NC(=O)c1ccccc1OC1COC2(CCNCC2)C1. The number of para-hydroxylation sites is 1. The molecule has 1 spiro atoms. The Labute approximate surface area is 118 Å². The van der Waals surface area contributed by atoms with E-state index in [0.29, 0.717) is 17.9 Å². The van der Waals surface area contributed by atoms with Crippen molar-refractivity contribution in [2.45, 2.75) is 31.0 Å². The zero-order valence-electron chi connectivity index (χ0n) is 11.4. The minimum Gasteiger partial charge on any atom is -0.487 e. The second kappa shape index (κ2) is 5.42. The quantitative estimate of drug-likeness (QED) is 0.866. The predicted octanol–water partition coefficient (Wildman–Crippen LogP) is 1.08. The van der Waals surface area contributed by atoms with Crippen LogP contribution in [0.2, 0.25) is 0 Å². The number of primary amides is 1. The summed E-state index contributed by atoms with van der Waals surface area (Å²) in [6, 6.07) is 7.10. The molecule has 2 heterocycles. The predicted molar refractivity (Wildman–Crippen MR) is 74.8 cm³/mol. The first kappa shape index (κ1) is 13.4. The standard InChI is InChI=1S/C15H20N2O3/c16-14(18)12-3-1-2-4-13(12)20-11-9-15(19-10-11)5-7-17-8-6-15/h1-4,11,17H,5-10H2,(H2,16,18). The van der Waals surface area contributed by atoms with Crippen molar-refractivity contribution in [3.63, 3.8) is 0 Å². The molecule has 0 radical (unpaired) electrons. The highest BCUT2D eigenvalue weighted by Crippen LogP contribution is 2.36. The number of rotatable bonds is 3. The Balaban J connectivity index is 1.69. The van der Waals surface area contributed by atoms with Crippen molar-refractivity contribution in [1.29, 1.82) is 0 Å². The fraction of sp³-hybridized carbons (Fsp3) is 0.533. The second-order valence-corrected chi connectivity index (χ2v) is 5.55. The highest BCUT2D eigenvalue weighted by molar-refractivity contribution is 5.95. The maximum atomic E-state index is 11.4. The third kappa shape index (κ3) is 2.64. The van der Waals surface area contributed by atoms with Crippen LogP contribution in [0.5, 0.6) is 5.75 Å². The number of carbonyl (C=O) groups is 1. The van der Waals surface area contributed by atoms with Gasteiger partial charge in [0.2, 0.25) is 0 Å². The summed E-state index contributed by atoms with van der Waals surface area (Å²) >= 11 is 0. The molecule has 1 amide bonds. The van der Waals surface area contributed by atoms with E-state index < -0.39 is 5.91 Å². The van der Waals surface area contributed by atoms with Gasteiger partial charge in [0.05, 0.1) is 17.8 Å². The number of benzene rings is 1. The third-order valence-corrected chi connectivity index (χ3v) is 4.14. The molecule has 0 saturated carbocycles. The van der Waals surface area contributed by atoms with Crippen LogP contribution in [-0.4, -0.2) is 37.3 Å². The van der Waals surface area contributed by atoms with Crippen molar-refractivity contribution in [3.8, 4) is 5.75 Å². The van der Waals surface area contributed by atoms with Crippen LogP contribution in [0.4, 0.5) is 0 Å². The summed E-state index contributed by atoms with van der Waals surface area (Å²) in [5.41, 5.74) is 5.75. The third-order valence-electron chi connectivity index (χ3n) is 4.14. The van der Waals surface area contributed by atoms with Crippen molar-refractivity contribution in [1.82, 2.24) is 5.32 Å². The number of nitrogens with two attached hydrogens (primary N) is 1. The highest BCUT2D eigenvalue weighted by Gasteiger charge is 2.42. The molecule has 3 rings (SSSR count). The Morgan fingerprint density at radius 1 is 1.35 bits per heavy atom. The molecular formula is C15H20N2O3. The molecule has 1 atom stereocenters. The van der Waals surface area contributed by atoms with E-state index in [-0.39, 0.29) is 11.7 Å². The van der Waals surface area contributed by atoms with E-state index in [0.717, 1.165) is 32.4 Å². The smallest absolute Gasteiger partial charge is 0.252 e.